The molecule has 1 rings (SSSR count). The van der Waals surface area contributed by atoms with E-state index in [1.165, 1.54) is 32.1 Å². The van der Waals surface area contributed by atoms with E-state index in [2.05, 4.69) is 27.5 Å². The smallest absolute Gasteiger partial charge is 0.131 e. The van der Waals surface area contributed by atoms with Gasteiger partial charge in [0.25, 0.3) is 0 Å². The molecular formula is C12H22N4. The van der Waals surface area contributed by atoms with Gasteiger partial charge in [0.2, 0.25) is 0 Å². The summed E-state index contributed by atoms with van der Waals surface area (Å²) in [7, 11) is 1.86. The molecule has 0 atom stereocenters. The molecule has 0 bridgehead atoms. The van der Waals surface area contributed by atoms with E-state index in [1.807, 2.05) is 13.1 Å². The van der Waals surface area contributed by atoms with E-state index in [1.54, 1.807) is 6.33 Å². The third-order valence-corrected chi connectivity index (χ3v) is 2.51. The minimum absolute atomic E-state index is 0.850. The van der Waals surface area contributed by atoms with Crippen molar-refractivity contribution in [2.45, 2.75) is 39.0 Å². The quantitative estimate of drug-likeness (QED) is 0.664. The molecule has 0 fully saturated rings. The van der Waals surface area contributed by atoms with Gasteiger partial charge in [0, 0.05) is 19.7 Å². The zero-order chi connectivity index (χ0) is 11.6. The van der Waals surface area contributed by atoms with Gasteiger partial charge in [-0.2, -0.15) is 0 Å². The number of nitrogens with zero attached hydrogens (tertiary/aromatic N) is 2. The van der Waals surface area contributed by atoms with Crippen molar-refractivity contribution < 1.29 is 0 Å². The summed E-state index contributed by atoms with van der Waals surface area (Å²) in [5.74, 6) is 1.75. The molecule has 16 heavy (non-hydrogen) atoms. The second kappa shape index (κ2) is 7.91. The minimum atomic E-state index is 0.850. The summed E-state index contributed by atoms with van der Waals surface area (Å²) in [6.45, 7) is 3.22. The Bertz CT molecular complexity index is 288. The molecule has 2 N–H and O–H groups in total. The van der Waals surface area contributed by atoms with Gasteiger partial charge >= 0.3 is 0 Å². The van der Waals surface area contributed by atoms with Crippen LogP contribution in [-0.2, 0) is 0 Å². The van der Waals surface area contributed by atoms with Crippen LogP contribution in [0.1, 0.15) is 39.0 Å². The zero-order valence-electron chi connectivity index (χ0n) is 10.3. The van der Waals surface area contributed by atoms with Crippen molar-refractivity contribution in [1.29, 1.82) is 0 Å². The predicted molar refractivity (Wildman–Crippen MR) is 68.8 cm³/mol. The van der Waals surface area contributed by atoms with Crippen LogP contribution in [0.5, 0.6) is 0 Å². The largest absolute Gasteiger partial charge is 0.373 e. The van der Waals surface area contributed by atoms with Gasteiger partial charge < -0.3 is 10.6 Å². The monoisotopic (exact) mass is 222 g/mol. The average Bonchev–Trinajstić information content (AvgIpc) is 2.34. The molecule has 1 aromatic heterocycles. The van der Waals surface area contributed by atoms with Gasteiger partial charge in [-0.25, -0.2) is 9.97 Å². The van der Waals surface area contributed by atoms with Crippen molar-refractivity contribution in [3.8, 4) is 0 Å². The predicted octanol–water partition coefficient (Wildman–Crippen LogP) is 2.90. The molecule has 0 unspecified atom stereocenters. The number of hydrogen-bond acceptors (Lipinski definition) is 4. The molecule has 4 nitrogen and oxygen atoms in total. The Hall–Kier alpha value is -1.32. The second-order valence-corrected chi connectivity index (χ2v) is 3.88. The Morgan fingerprint density at radius 3 is 2.56 bits per heavy atom. The number of anilines is 2. The van der Waals surface area contributed by atoms with Crippen molar-refractivity contribution >= 4 is 11.6 Å². The van der Waals surface area contributed by atoms with Crippen LogP contribution in [0, 0.1) is 0 Å². The molecule has 0 aromatic carbocycles. The van der Waals surface area contributed by atoms with Gasteiger partial charge in [0.1, 0.15) is 18.0 Å². The molecule has 0 radical (unpaired) electrons. The Labute approximate surface area is 97.9 Å². The maximum Gasteiger partial charge on any atom is 0.131 e. The highest BCUT2D eigenvalue weighted by molar-refractivity contribution is 5.45. The first kappa shape index (κ1) is 12.7. The SMILES string of the molecule is CCCCCCCNc1cc(NC)ncn1. The number of rotatable bonds is 8. The van der Waals surface area contributed by atoms with Gasteiger partial charge in [-0.3, -0.25) is 0 Å². The van der Waals surface area contributed by atoms with Crippen LogP contribution in [0.2, 0.25) is 0 Å². The van der Waals surface area contributed by atoms with E-state index >= 15 is 0 Å². The standard InChI is InChI=1S/C12H22N4/c1-3-4-5-6-7-8-14-12-9-11(13-2)15-10-16-12/h9-10H,3-8H2,1-2H3,(H2,13,14,15,16). The highest BCUT2D eigenvalue weighted by Gasteiger charge is 1.95. The van der Waals surface area contributed by atoms with Crippen molar-refractivity contribution in [3.63, 3.8) is 0 Å². The number of aromatic nitrogens is 2. The number of unbranched alkanes of at least 4 members (excludes halogenated alkanes) is 4. The molecule has 4 heteroatoms. The highest BCUT2D eigenvalue weighted by Crippen LogP contribution is 2.08. The van der Waals surface area contributed by atoms with Crippen molar-refractivity contribution in [2.75, 3.05) is 24.2 Å². The fourth-order valence-electron chi connectivity index (χ4n) is 1.54. The van der Waals surface area contributed by atoms with E-state index in [-0.39, 0.29) is 0 Å². The van der Waals surface area contributed by atoms with Crippen LogP contribution in [0.3, 0.4) is 0 Å². The summed E-state index contributed by atoms with van der Waals surface area (Å²) >= 11 is 0. The summed E-state index contributed by atoms with van der Waals surface area (Å²) in [6, 6.07) is 1.92. The van der Waals surface area contributed by atoms with E-state index in [9.17, 15) is 0 Å². The Morgan fingerprint density at radius 2 is 1.81 bits per heavy atom. The molecule has 0 aliphatic carbocycles. The third kappa shape index (κ3) is 4.96. The zero-order valence-corrected chi connectivity index (χ0v) is 10.3. The average molecular weight is 222 g/mol. The van der Waals surface area contributed by atoms with Crippen molar-refractivity contribution in [2.24, 2.45) is 0 Å². The van der Waals surface area contributed by atoms with Gasteiger partial charge in [0.05, 0.1) is 0 Å². The first-order valence-corrected chi connectivity index (χ1v) is 6.10. The lowest BCUT2D eigenvalue weighted by Gasteiger charge is -2.06. The maximum absolute atomic E-state index is 4.16. The lowest BCUT2D eigenvalue weighted by atomic mass is 10.1. The molecule has 0 saturated carbocycles. The first-order chi connectivity index (χ1) is 7.86. The van der Waals surface area contributed by atoms with Crippen molar-refractivity contribution in [3.05, 3.63) is 12.4 Å². The topological polar surface area (TPSA) is 49.8 Å². The summed E-state index contributed by atoms with van der Waals surface area (Å²) in [5.41, 5.74) is 0. The molecule has 0 amide bonds. The lowest BCUT2D eigenvalue weighted by Crippen LogP contribution is -2.04. The minimum Gasteiger partial charge on any atom is -0.373 e. The molecular weight excluding hydrogens is 200 g/mol. The second-order valence-electron chi connectivity index (χ2n) is 3.88. The van der Waals surface area contributed by atoms with E-state index in [4.69, 9.17) is 0 Å². The maximum atomic E-state index is 4.16. The normalized spacial score (nSPS) is 10.1. The van der Waals surface area contributed by atoms with E-state index in [0.717, 1.165) is 18.2 Å². The fourth-order valence-corrected chi connectivity index (χ4v) is 1.54. The van der Waals surface area contributed by atoms with Crippen LogP contribution in [0.25, 0.3) is 0 Å². The van der Waals surface area contributed by atoms with Crippen LogP contribution in [0.4, 0.5) is 11.6 Å². The number of hydrogen-bond donors (Lipinski definition) is 2. The Kier molecular flexibility index (Phi) is 6.30. The third-order valence-electron chi connectivity index (χ3n) is 2.51. The van der Waals surface area contributed by atoms with Crippen molar-refractivity contribution in [1.82, 2.24) is 9.97 Å². The number of nitrogens with one attached hydrogen (secondary N) is 2. The molecule has 0 spiro atoms. The lowest BCUT2D eigenvalue weighted by molar-refractivity contribution is 0.644. The Morgan fingerprint density at radius 1 is 1.06 bits per heavy atom. The molecule has 1 heterocycles. The van der Waals surface area contributed by atoms with E-state index < -0.39 is 0 Å². The van der Waals surface area contributed by atoms with Crippen LogP contribution in [0.15, 0.2) is 12.4 Å². The summed E-state index contributed by atoms with van der Waals surface area (Å²) < 4.78 is 0. The molecule has 1 aromatic rings. The summed E-state index contributed by atoms with van der Waals surface area (Å²) in [5, 5.41) is 6.30. The molecule has 0 saturated heterocycles. The summed E-state index contributed by atoms with van der Waals surface area (Å²) in [6.07, 6.45) is 8.06. The molecule has 0 aliphatic rings. The van der Waals surface area contributed by atoms with Crippen LogP contribution in [-0.4, -0.2) is 23.6 Å². The first-order valence-electron chi connectivity index (χ1n) is 6.10. The van der Waals surface area contributed by atoms with Gasteiger partial charge in [-0.15, -0.1) is 0 Å². The Balaban J connectivity index is 2.16. The van der Waals surface area contributed by atoms with Crippen LogP contribution < -0.4 is 10.6 Å². The van der Waals surface area contributed by atoms with Crippen LogP contribution >= 0.6 is 0 Å². The summed E-state index contributed by atoms with van der Waals surface area (Å²) in [4.78, 5) is 8.22. The van der Waals surface area contributed by atoms with Gasteiger partial charge in [0.15, 0.2) is 0 Å². The highest BCUT2D eigenvalue weighted by atomic mass is 15.0. The van der Waals surface area contributed by atoms with E-state index in [0.29, 0.717) is 0 Å². The van der Waals surface area contributed by atoms with Gasteiger partial charge in [-0.1, -0.05) is 32.6 Å². The molecule has 0 aliphatic heterocycles. The molecule has 90 valence electrons. The fraction of sp³-hybridized carbons (Fsp3) is 0.667. The van der Waals surface area contributed by atoms with Gasteiger partial charge in [-0.05, 0) is 6.42 Å².